The Kier molecular flexibility index (Phi) is 5.38. The first kappa shape index (κ1) is 20.6. The summed E-state index contributed by atoms with van der Waals surface area (Å²) in [6, 6.07) is 12.4. The summed E-state index contributed by atoms with van der Waals surface area (Å²) >= 11 is 0. The molecule has 0 aliphatic carbocycles. The Morgan fingerprint density at radius 1 is 1.09 bits per heavy atom. The number of carbonyl (C=O) groups is 3. The van der Waals surface area contributed by atoms with Gasteiger partial charge in [0, 0.05) is 44.1 Å². The lowest BCUT2D eigenvalue weighted by atomic mass is 9.92. The SMILES string of the molecule is O=C1CC[C@@H](N2Cc3cc(OCCN4CC(c5ccccc5)C4)c(F)cc3C2=O)C(=O)N1. The van der Waals surface area contributed by atoms with Crippen molar-refractivity contribution in [3.63, 3.8) is 0 Å². The van der Waals surface area contributed by atoms with Gasteiger partial charge in [0.2, 0.25) is 11.8 Å². The van der Waals surface area contributed by atoms with Crippen LogP contribution in [0.25, 0.3) is 0 Å². The third kappa shape index (κ3) is 3.86. The summed E-state index contributed by atoms with van der Waals surface area (Å²) in [4.78, 5) is 39.9. The average Bonchev–Trinajstić information content (AvgIpc) is 3.05. The van der Waals surface area contributed by atoms with E-state index in [1.54, 1.807) is 6.07 Å². The number of benzene rings is 2. The van der Waals surface area contributed by atoms with Crippen LogP contribution < -0.4 is 10.1 Å². The lowest BCUT2D eigenvalue weighted by molar-refractivity contribution is -0.136. The van der Waals surface area contributed by atoms with Crippen molar-refractivity contribution in [1.82, 2.24) is 15.1 Å². The summed E-state index contributed by atoms with van der Waals surface area (Å²) < 4.78 is 20.3. The topological polar surface area (TPSA) is 79.0 Å². The molecule has 7 nitrogen and oxygen atoms in total. The number of nitrogens with zero attached hydrogens (tertiary/aromatic N) is 2. The standard InChI is InChI=1S/C24H24FN3O4/c25-19-11-18-16(14-28(24(18)31)20-6-7-22(29)26-23(20)30)10-21(19)32-9-8-27-12-17(13-27)15-4-2-1-3-5-15/h1-5,10-11,17,20H,6-9,12-14H2,(H,26,29,30)/t20-/m1/s1. The summed E-state index contributed by atoms with van der Waals surface area (Å²) in [7, 11) is 0. The van der Waals surface area contributed by atoms with E-state index in [9.17, 15) is 18.8 Å². The summed E-state index contributed by atoms with van der Waals surface area (Å²) in [5, 5.41) is 2.26. The summed E-state index contributed by atoms with van der Waals surface area (Å²) in [6.45, 7) is 3.15. The van der Waals surface area contributed by atoms with E-state index < -0.39 is 23.7 Å². The van der Waals surface area contributed by atoms with Gasteiger partial charge >= 0.3 is 0 Å². The first-order valence-electron chi connectivity index (χ1n) is 10.9. The van der Waals surface area contributed by atoms with Crippen molar-refractivity contribution in [3.05, 3.63) is 65.0 Å². The van der Waals surface area contributed by atoms with Gasteiger partial charge in [0.1, 0.15) is 12.6 Å². The van der Waals surface area contributed by atoms with Crippen LogP contribution in [-0.4, -0.2) is 59.8 Å². The van der Waals surface area contributed by atoms with Crippen LogP contribution >= 0.6 is 0 Å². The highest BCUT2D eigenvalue weighted by Crippen LogP contribution is 2.32. The van der Waals surface area contributed by atoms with Gasteiger partial charge in [0.05, 0.1) is 0 Å². The van der Waals surface area contributed by atoms with Crippen LogP contribution in [0.3, 0.4) is 0 Å². The second-order valence-electron chi connectivity index (χ2n) is 8.56. The van der Waals surface area contributed by atoms with E-state index in [-0.39, 0.29) is 36.6 Å². The number of imide groups is 1. The molecule has 0 radical (unpaired) electrons. The molecule has 0 saturated carbocycles. The number of halogens is 1. The molecule has 2 aromatic rings. The average molecular weight is 437 g/mol. The number of hydrogen-bond donors (Lipinski definition) is 1. The molecular weight excluding hydrogens is 413 g/mol. The Balaban J connectivity index is 1.17. The quantitative estimate of drug-likeness (QED) is 0.700. The summed E-state index contributed by atoms with van der Waals surface area (Å²) in [6.07, 6.45) is 0.455. The van der Waals surface area contributed by atoms with Crippen LogP contribution in [-0.2, 0) is 16.1 Å². The summed E-state index contributed by atoms with van der Waals surface area (Å²) in [5.74, 6) is -1.17. The maximum atomic E-state index is 14.6. The minimum atomic E-state index is -0.719. The molecule has 3 amide bonds. The van der Waals surface area contributed by atoms with Gasteiger partial charge in [-0.25, -0.2) is 4.39 Å². The first-order valence-corrected chi connectivity index (χ1v) is 10.9. The van der Waals surface area contributed by atoms with Crippen molar-refractivity contribution in [2.75, 3.05) is 26.2 Å². The Hall–Kier alpha value is -3.26. The number of likely N-dealkylation sites (tertiary alicyclic amines) is 1. The smallest absolute Gasteiger partial charge is 0.255 e. The maximum absolute atomic E-state index is 14.6. The first-order chi connectivity index (χ1) is 15.5. The Labute approximate surface area is 185 Å². The van der Waals surface area contributed by atoms with E-state index in [0.717, 1.165) is 13.1 Å². The molecular formula is C24H24FN3O4. The maximum Gasteiger partial charge on any atom is 0.255 e. The van der Waals surface area contributed by atoms with Gasteiger partial charge in [-0.1, -0.05) is 30.3 Å². The van der Waals surface area contributed by atoms with Crippen molar-refractivity contribution in [2.45, 2.75) is 31.3 Å². The predicted molar refractivity (Wildman–Crippen MR) is 114 cm³/mol. The fourth-order valence-electron chi connectivity index (χ4n) is 4.65. The van der Waals surface area contributed by atoms with Gasteiger partial charge < -0.3 is 9.64 Å². The fourth-order valence-corrected chi connectivity index (χ4v) is 4.65. The molecule has 5 rings (SSSR count). The Morgan fingerprint density at radius 3 is 2.62 bits per heavy atom. The molecule has 3 aliphatic heterocycles. The van der Waals surface area contributed by atoms with E-state index in [4.69, 9.17) is 4.74 Å². The van der Waals surface area contributed by atoms with Gasteiger partial charge in [-0.15, -0.1) is 0 Å². The Morgan fingerprint density at radius 2 is 1.88 bits per heavy atom. The minimum absolute atomic E-state index is 0.113. The lowest BCUT2D eigenvalue weighted by Gasteiger charge is -2.39. The third-order valence-electron chi connectivity index (χ3n) is 6.47. The minimum Gasteiger partial charge on any atom is -0.489 e. The second kappa shape index (κ2) is 8.35. The second-order valence-corrected chi connectivity index (χ2v) is 8.56. The molecule has 3 heterocycles. The van der Waals surface area contributed by atoms with E-state index in [1.807, 2.05) is 18.2 Å². The lowest BCUT2D eigenvalue weighted by Crippen LogP contribution is -2.52. The van der Waals surface area contributed by atoms with Crippen LogP contribution in [0.2, 0.25) is 0 Å². The van der Waals surface area contributed by atoms with Gasteiger partial charge in [-0.05, 0) is 29.7 Å². The molecule has 8 heteroatoms. The normalized spacial score (nSPS) is 21.3. The molecule has 2 fully saturated rings. The monoisotopic (exact) mass is 437 g/mol. The number of carbonyl (C=O) groups excluding carboxylic acids is 3. The van der Waals surface area contributed by atoms with Crippen molar-refractivity contribution >= 4 is 17.7 Å². The van der Waals surface area contributed by atoms with Crippen molar-refractivity contribution in [2.24, 2.45) is 0 Å². The predicted octanol–water partition coefficient (Wildman–Crippen LogP) is 2.06. The molecule has 1 N–H and O–H groups in total. The third-order valence-corrected chi connectivity index (χ3v) is 6.47. The van der Waals surface area contributed by atoms with Crippen LogP contribution in [0.1, 0.15) is 40.2 Å². The molecule has 0 spiro atoms. The van der Waals surface area contributed by atoms with E-state index in [0.29, 0.717) is 24.6 Å². The molecule has 32 heavy (non-hydrogen) atoms. The van der Waals surface area contributed by atoms with Gasteiger partial charge in [-0.2, -0.15) is 0 Å². The van der Waals surface area contributed by atoms with Crippen molar-refractivity contribution in [1.29, 1.82) is 0 Å². The molecule has 0 unspecified atom stereocenters. The van der Waals surface area contributed by atoms with Crippen LogP contribution in [0.15, 0.2) is 42.5 Å². The molecule has 3 aliphatic rings. The number of hydrogen-bond acceptors (Lipinski definition) is 5. The van der Waals surface area contributed by atoms with Gasteiger partial charge in [-0.3, -0.25) is 24.6 Å². The van der Waals surface area contributed by atoms with Crippen LogP contribution in [0, 0.1) is 5.82 Å². The largest absolute Gasteiger partial charge is 0.489 e. The number of amides is 3. The number of piperidine rings is 1. The number of nitrogens with one attached hydrogen (secondary N) is 1. The van der Waals surface area contributed by atoms with E-state index in [2.05, 4.69) is 22.3 Å². The zero-order valence-electron chi connectivity index (χ0n) is 17.6. The zero-order valence-corrected chi connectivity index (χ0v) is 17.6. The van der Waals surface area contributed by atoms with Crippen LogP contribution in [0.4, 0.5) is 4.39 Å². The highest BCUT2D eigenvalue weighted by Gasteiger charge is 2.39. The molecule has 2 aromatic carbocycles. The molecule has 166 valence electrons. The zero-order chi connectivity index (χ0) is 22.2. The number of ether oxygens (including phenoxy) is 1. The fraction of sp³-hybridized carbons (Fsp3) is 0.375. The highest BCUT2D eigenvalue weighted by molar-refractivity contribution is 6.05. The number of fused-ring (bicyclic) bond motifs is 1. The molecule has 1 atom stereocenters. The van der Waals surface area contributed by atoms with E-state index in [1.165, 1.54) is 16.5 Å². The molecule has 0 bridgehead atoms. The Bertz CT molecular complexity index is 1070. The van der Waals surface area contributed by atoms with Gasteiger partial charge in [0.25, 0.3) is 5.91 Å². The van der Waals surface area contributed by atoms with Crippen molar-refractivity contribution in [3.8, 4) is 5.75 Å². The van der Waals surface area contributed by atoms with Gasteiger partial charge in [0.15, 0.2) is 11.6 Å². The molecule has 2 saturated heterocycles. The van der Waals surface area contributed by atoms with Crippen LogP contribution in [0.5, 0.6) is 5.75 Å². The molecule has 0 aromatic heterocycles. The van der Waals surface area contributed by atoms with Crippen molar-refractivity contribution < 1.29 is 23.5 Å². The van der Waals surface area contributed by atoms with E-state index >= 15 is 0 Å². The number of rotatable bonds is 6. The highest BCUT2D eigenvalue weighted by atomic mass is 19.1. The summed E-state index contributed by atoms with van der Waals surface area (Å²) in [5.41, 5.74) is 2.21.